The molecule has 0 spiro atoms. The summed E-state index contributed by atoms with van der Waals surface area (Å²) in [6, 6.07) is 11.9. The highest BCUT2D eigenvalue weighted by atomic mass is 16.5. The molecule has 1 atom stereocenters. The highest BCUT2D eigenvalue weighted by Crippen LogP contribution is 2.33. The van der Waals surface area contributed by atoms with Crippen LogP contribution in [0.2, 0.25) is 0 Å². The standard InChI is InChI=1S/C26H31N3O4/c1-17-3-6-22-24(13-17)33-27-25(22)19-8-11-29(12-9-19)15-20(30)16-32-21-5-4-18-7-10-28(2)26(31)23(18)14-21/h3-6,13-14,19-20,30H,7-12,15-16H2,1-2H3/t20-/m0/s1. The molecule has 33 heavy (non-hydrogen) atoms. The Bertz CT molecular complexity index is 1150. The van der Waals surface area contributed by atoms with Gasteiger partial charge in [0.05, 0.1) is 5.69 Å². The van der Waals surface area contributed by atoms with E-state index in [0.29, 0.717) is 23.8 Å². The Balaban J connectivity index is 1.12. The maximum absolute atomic E-state index is 12.4. The fraction of sp³-hybridized carbons (Fsp3) is 0.462. The number of likely N-dealkylation sites (N-methyl/N-ethyl adjacent to an activating group) is 1. The number of ether oxygens (including phenoxy) is 1. The Kier molecular flexibility index (Phi) is 6.08. The molecule has 1 aromatic heterocycles. The third-order valence-corrected chi connectivity index (χ3v) is 6.92. The van der Waals surface area contributed by atoms with Gasteiger partial charge in [0.25, 0.3) is 5.91 Å². The maximum Gasteiger partial charge on any atom is 0.254 e. The van der Waals surface area contributed by atoms with Crippen molar-refractivity contribution in [3.05, 3.63) is 58.8 Å². The normalized spacial score (nSPS) is 18.5. The van der Waals surface area contributed by atoms with E-state index in [4.69, 9.17) is 9.26 Å². The van der Waals surface area contributed by atoms with Gasteiger partial charge in [0.15, 0.2) is 5.58 Å². The molecule has 2 aromatic carbocycles. The van der Waals surface area contributed by atoms with E-state index in [9.17, 15) is 9.90 Å². The van der Waals surface area contributed by atoms with Crippen LogP contribution in [0.5, 0.6) is 5.75 Å². The Morgan fingerprint density at radius 1 is 1.18 bits per heavy atom. The first kappa shape index (κ1) is 21.9. The molecule has 1 N–H and O–H groups in total. The molecule has 5 rings (SSSR count). The quantitative estimate of drug-likeness (QED) is 0.622. The van der Waals surface area contributed by atoms with Gasteiger partial charge >= 0.3 is 0 Å². The molecule has 0 saturated carbocycles. The lowest BCUT2D eigenvalue weighted by molar-refractivity contribution is 0.0591. The topological polar surface area (TPSA) is 79.0 Å². The van der Waals surface area contributed by atoms with E-state index in [2.05, 4.69) is 29.1 Å². The average molecular weight is 450 g/mol. The summed E-state index contributed by atoms with van der Waals surface area (Å²) < 4.78 is 11.4. The van der Waals surface area contributed by atoms with E-state index >= 15 is 0 Å². The lowest BCUT2D eigenvalue weighted by atomic mass is 9.91. The molecule has 3 heterocycles. The van der Waals surface area contributed by atoms with Crippen molar-refractivity contribution in [2.75, 3.05) is 39.8 Å². The molecule has 1 fully saturated rings. The highest BCUT2D eigenvalue weighted by molar-refractivity contribution is 5.97. The number of likely N-dealkylation sites (tertiary alicyclic amines) is 1. The molecular weight excluding hydrogens is 418 g/mol. The number of aryl methyl sites for hydroxylation is 1. The first-order chi connectivity index (χ1) is 16.0. The van der Waals surface area contributed by atoms with Crippen LogP contribution in [0, 0.1) is 6.92 Å². The Morgan fingerprint density at radius 2 is 2.00 bits per heavy atom. The zero-order valence-corrected chi connectivity index (χ0v) is 19.3. The molecule has 3 aromatic rings. The van der Waals surface area contributed by atoms with Crippen molar-refractivity contribution in [2.45, 2.75) is 38.2 Å². The largest absolute Gasteiger partial charge is 0.491 e. The highest BCUT2D eigenvalue weighted by Gasteiger charge is 2.26. The van der Waals surface area contributed by atoms with Crippen LogP contribution in [-0.4, -0.2) is 71.9 Å². The summed E-state index contributed by atoms with van der Waals surface area (Å²) in [5, 5.41) is 16.0. The molecular formula is C26H31N3O4. The van der Waals surface area contributed by atoms with E-state index < -0.39 is 6.10 Å². The lowest BCUT2D eigenvalue weighted by Crippen LogP contribution is -2.40. The fourth-order valence-electron chi connectivity index (χ4n) is 4.95. The smallest absolute Gasteiger partial charge is 0.254 e. The summed E-state index contributed by atoms with van der Waals surface area (Å²) in [5.41, 5.74) is 4.85. The van der Waals surface area contributed by atoms with Gasteiger partial charge in [-0.3, -0.25) is 4.79 Å². The zero-order valence-electron chi connectivity index (χ0n) is 19.3. The van der Waals surface area contributed by atoms with Crippen molar-refractivity contribution >= 4 is 16.9 Å². The summed E-state index contributed by atoms with van der Waals surface area (Å²) >= 11 is 0. The number of hydrogen-bond acceptors (Lipinski definition) is 6. The summed E-state index contributed by atoms with van der Waals surface area (Å²) in [5.74, 6) is 1.04. The van der Waals surface area contributed by atoms with E-state index in [1.807, 2.05) is 25.2 Å². The fourth-order valence-corrected chi connectivity index (χ4v) is 4.95. The molecule has 7 nitrogen and oxygen atoms in total. The van der Waals surface area contributed by atoms with Gasteiger partial charge < -0.3 is 24.2 Å². The van der Waals surface area contributed by atoms with Gasteiger partial charge in [0, 0.05) is 37.0 Å². The summed E-state index contributed by atoms with van der Waals surface area (Å²) in [6.45, 7) is 5.38. The predicted molar refractivity (Wildman–Crippen MR) is 126 cm³/mol. The molecule has 0 radical (unpaired) electrons. The van der Waals surface area contributed by atoms with Crippen molar-refractivity contribution < 1.29 is 19.2 Å². The molecule has 0 bridgehead atoms. The number of nitrogens with zero attached hydrogens (tertiary/aromatic N) is 3. The third-order valence-electron chi connectivity index (χ3n) is 6.92. The van der Waals surface area contributed by atoms with Gasteiger partial charge in [-0.15, -0.1) is 0 Å². The second kappa shape index (κ2) is 9.15. The van der Waals surface area contributed by atoms with Crippen LogP contribution in [-0.2, 0) is 6.42 Å². The van der Waals surface area contributed by atoms with Crippen LogP contribution in [0.15, 0.2) is 40.9 Å². The summed E-state index contributed by atoms with van der Waals surface area (Å²) in [6.07, 6.45) is 2.25. The van der Waals surface area contributed by atoms with Crippen LogP contribution in [0.3, 0.4) is 0 Å². The SMILES string of the molecule is Cc1ccc2c(C3CCN(C[C@H](O)COc4ccc5c(c4)C(=O)N(C)CC5)CC3)noc2c1. The number of benzene rings is 2. The Labute approximate surface area is 193 Å². The van der Waals surface area contributed by atoms with Crippen molar-refractivity contribution in [1.29, 1.82) is 0 Å². The minimum absolute atomic E-state index is 0.0279. The number of β-amino-alcohol motifs (C(OH)–C–C–N with tert-alkyl or cyclic N) is 1. The second-order valence-corrected chi connectivity index (χ2v) is 9.40. The van der Waals surface area contributed by atoms with Gasteiger partial charge in [-0.05, 0) is 74.7 Å². The first-order valence-electron chi connectivity index (χ1n) is 11.8. The Hall–Kier alpha value is -2.90. The monoisotopic (exact) mass is 449 g/mol. The molecule has 1 amide bonds. The number of rotatable bonds is 6. The third kappa shape index (κ3) is 4.61. The number of amides is 1. The van der Waals surface area contributed by atoms with E-state index in [1.165, 1.54) is 5.56 Å². The van der Waals surface area contributed by atoms with Gasteiger partial charge in [-0.2, -0.15) is 0 Å². The minimum atomic E-state index is -0.591. The van der Waals surface area contributed by atoms with Crippen LogP contribution in [0.1, 0.15) is 45.9 Å². The van der Waals surface area contributed by atoms with Crippen LogP contribution < -0.4 is 4.74 Å². The van der Waals surface area contributed by atoms with E-state index in [1.54, 1.807) is 11.0 Å². The zero-order chi connectivity index (χ0) is 22.9. The first-order valence-corrected chi connectivity index (χ1v) is 11.8. The molecule has 0 aliphatic carbocycles. The van der Waals surface area contributed by atoms with Crippen LogP contribution in [0.25, 0.3) is 11.0 Å². The summed E-state index contributed by atoms with van der Waals surface area (Å²) in [7, 11) is 1.82. The lowest BCUT2D eigenvalue weighted by Gasteiger charge is -2.32. The number of carbonyl (C=O) groups excluding carboxylic acids is 1. The van der Waals surface area contributed by atoms with Crippen molar-refractivity contribution in [1.82, 2.24) is 15.0 Å². The average Bonchev–Trinajstić information content (AvgIpc) is 3.24. The number of aromatic nitrogens is 1. The van der Waals surface area contributed by atoms with Crippen molar-refractivity contribution in [3.8, 4) is 5.75 Å². The molecule has 7 heteroatoms. The number of piperidine rings is 1. The van der Waals surface area contributed by atoms with Gasteiger partial charge in [-0.25, -0.2) is 0 Å². The molecule has 1 saturated heterocycles. The molecule has 0 unspecified atom stereocenters. The van der Waals surface area contributed by atoms with Crippen LogP contribution in [0.4, 0.5) is 0 Å². The van der Waals surface area contributed by atoms with Crippen molar-refractivity contribution in [3.63, 3.8) is 0 Å². The number of carbonyl (C=O) groups is 1. The second-order valence-electron chi connectivity index (χ2n) is 9.40. The van der Waals surface area contributed by atoms with Gasteiger partial charge in [0.1, 0.15) is 18.5 Å². The van der Waals surface area contributed by atoms with Crippen LogP contribution >= 0.6 is 0 Å². The number of aliphatic hydroxyl groups is 1. The number of fused-ring (bicyclic) bond motifs is 2. The maximum atomic E-state index is 12.4. The Morgan fingerprint density at radius 3 is 2.82 bits per heavy atom. The van der Waals surface area contributed by atoms with Crippen molar-refractivity contribution in [2.24, 2.45) is 0 Å². The molecule has 174 valence electrons. The molecule has 2 aliphatic rings. The van der Waals surface area contributed by atoms with E-state index in [-0.39, 0.29) is 12.5 Å². The van der Waals surface area contributed by atoms with Gasteiger partial charge in [0.2, 0.25) is 0 Å². The molecule has 2 aliphatic heterocycles. The van der Waals surface area contributed by atoms with E-state index in [0.717, 1.165) is 61.1 Å². The summed E-state index contributed by atoms with van der Waals surface area (Å²) in [4.78, 5) is 16.4. The number of hydrogen-bond donors (Lipinski definition) is 1. The number of aliphatic hydroxyl groups excluding tert-OH is 1. The predicted octanol–water partition coefficient (Wildman–Crippen LogP) is 3.38. The minimum Gasteiger partial charge on any atom is -0.491 e. The van der Waals surface area contributed by atoms with Gasteiger partial charge in [-0.1, -0.05) is 17.3 Å².